The SMILES string of the molecule is CC(CCC(C)N1CC2(CCNC2)C1)N1CC[C@@H](C)[C@@H](N)C1. The summed E-state index contributed by atoms with van der Waals surface area (Å²) in [5.41, 5.74) is 6.89. The molecule has 1 spiro atoms. The molecule has 0 amide bonds. The molecule has 0 bridgehead atoms. The fraction of sp³-hybridized carbons (Fsp3) is 1.00. The van der Waals surface area contributed by atoms with Crippen LogP contribution in [0.1, 0.15) is 46.5 Å². The molecule has 3 heterocycles. The van der Waals surface area contributed by atoms with Crippen molar-refractivity contribution in [2.75, 3.05) is 39.3 Å². The smallest absolute Gasteiger partial charge is 0.0194 e. The molecule has 3 fully saturated rings. The van der Waals surface area contributed by atoms with Crippen LogP contribution in [0.5, 0.6) is 0 Å². The fourth-order valence-corrected chi connectivity index (χ4v) is 4.57. The normalized spacial score (nSPS) is 35.5. The molecule has 4 nitrogen and oxygen atoms in total. The van der Waals surface area contributed by atoms with E-state index in [1.807, 2.05) is 0 Å². The molecule has 2 unspecified atom stereocenters. The summed E-state index contributed by atoms with van der Waals surface area (Å²) in [6.07, 6.45) is 5.29. The third kappa shape index (κ3) is 3.50. The molecule has 0 radical (unpaired) electrons. The molecule has 0 saturated carbocycles. The third-order valence-electron chi connectivity index (χ3n) is 6.71. The van der Waals surface area contributed by atoms with Crippen LogP contribution in [0, 0.1) is 11.3 Å². The zero-order valence-electron chi connectivity index (χ0n) is 14.9. The van der Waals surface area contributed by atoms with Crippen molar-refractivity contribution >= 4 is 0 Å². The van der Waals surface area contributed by atoms with Crippen molar-refractivity contribution in [2.24, 2.45) is 17.1 Å². The molecule has 128 valence electrons. The summed E-state index contributed by atoms with van der Waals surface area (Å²) in [5, 5.41) is 3.53. The van der Waals surface area contributed by atoms with Gasteiger partial charge in [0.2, 0.25) is 0 Å². The highest BCUT2D eigenvalue weighted by Crippen LogP contribution is 2.37. The highest BCUT2D eigenvalue weighted by Gasteiger charge is 2.45. The summed E-state index contributed by atoms with van der Waals surface area (Å²) in [7, 11) is 0. The Labute approximate surface area is 136 Å². The summed E-state index contributed by atoms with van der Waals surface area (Å²) >= 11 is 0. The number of nitrogens with one attached hydrogen (secondary N) is 1. The maximum Gasteiger partial charge on any atom is 0.0194 e. The van der Waals surface area contributed by atoms with Gasteiger partial charge in [-0.15, -0.1) is 0 Å². The average molecular weight is 309 g/mol. The molecule has 3 aliphatic rings. The standard InChI is InChI=1S/C18H36N4/c1-14-6-9-21(10-17(14)19)15(2)4-5-16(3)22-12-18(13-22)7-8-20-11-18/h14-17,20H,4-13,19H2,1-3H3/t14-,15?,16?,17+/m1/s1. The summed E-state index contributed by atoms with van der Waals surface area (Å²) in [6.45, 7) is 14.6. The number of hydrogen-bond acceptors (Lipinski definition) is 4. The van der Waals surface area contributed by atoms with Crippen molar-refractivity contribution in [3.63, 3.8) is 0 Å². The second kappa shape index (κ2) is 6.76. The first kappa shape index (κ1) is 16.7. The number of likely N-dealkylation sites (tertiary alicyclic amines) is 2. The average Bonchev–Trinajstić information content (AvgIpc) is 2.95. The quantitative estimate of drug-likeness (QED) is 0.808. The first-order valence-corrected chi connectivity index (χ1v) is 9.43. The lowest BCUT2D eigenvalue weighted by Crippen LogP contribution is -2.60. The lowest BCUT2D eigenvalue weighted by molar-refractivity contribution is -0.0173. The van der Waals surface area contributed by atoms with Gasteiger partial charge in [-0.1, -0.05) is 6.92 Å². The number of piperidine rings is 1. The maximum atomic E-state index is 6.25. The predicted molar refractivity (Wildman–Crippen MR) is 93.0 cm³/mol. The van der Waals surface area contributed by atoms with Gasteiger partial charge in [0.1, 0.15) is 0 Å². The Balaban J connectivity index is 1.37. The first-order valence-electron chi connectivity index (χ1n) is 9.43. The van der Waals surface area contributed by atoms with E-state index in [0.29, 0.717) is 23.4 Å². The molecule has 3 saturated heterocycles. The minimum atomic E-state index is 0.374. The zero-order valence-corrected chi connectivity index (χ0v) is 14.9. The molecular formula is C18H36N4. The van der Waals surface area contributed by atoms with Crippen LogP contribution in [0.2, 0.25) is 0 Å². The van der Waals surface area contributed by atoms with Gasteiger partial charge in [-0.25, -0.2) is 0 Å². The van der Waals surface area contributed by atoms with E-state index in [1.54, 1.807) is 0 Å². The van der Waals surface area contributed by atoms with Crippen LogP contribution in [0.15, 0.2) is 0 Å². The van der Waals surface area contributed by atoms with Crippen molar-refractivity contribution in [1.29, 1.82) is 0 Å². The van der Waals surface area contributed by atoms with Gasteiger partial charge in [0.15, 0.2) is 0 Å². The summed E-state index contributed by atoms with van der Waals surface area (Å²) < 4.78 is 0. The van der Waals surface area contributed by atoms with Crippen LogP contribution < -0.4 is 11.1 Å². The van der Waals surface area contributed by atoms with Crippen LogP contribution in [0.4, 0.5) is 0 Å². The zero-order chi connectivity index (χ0) is 15.7. The van der Waals surface area contributed by atoms with Crippen LogP contribution >= 0.6 is 0 Å². The van der Waals surface area contributed by atoms with Gasteiger partial charge in [0.05, 0.1) is 0 Å². The van der Waals surface area contributed by atoms with Crippen molar-refractivity contribution < 1.29 is 0 Å². The molecule has 0 aromatic rings. The Morgan fingerprint density at radius 1 is 1.18 bits per heavy atom. The second-order valence-corrected chi connectivity index (χ2v) is 8.53. The number of nitrogens with zero attached hydrogens (tertiary/aromatic N) is 2. The molecular weight excluding hydrogens is 272 g/mol. The second-order valence-electron chi connectivity index (χ2n) is 8.53. The van der Waals surface area contributed by atoms with Crippen molar-refractivity contribution in [3.05, 3.63) is 0 Å². The van der Waals surface area contributed by atoms with Crippen molar-refractivity contribution in [3.8, 4) is 0 Å². The first-order chi connectivity index (χ1) is 10.5. The van der Waals surface area contributed by atoms with Gasteiger partial charge in [-0.05, 0) is 58.5 Å². The van der Waals surface area contributed by atoms with E-state index in [4.69, 9.17) is 5.73 Å². The summed E-state index contributed by atoms with van der Waals surface area (Å²) in [4.78, 5) is 5.32. The van der Waals surface area contributed by atoms with Crippen LogP contribution in [0.25, 0.3) is 0 Å². The number of nitrogens with two attached hydrogens (primary N) is 1. The molecule has 4 atom stereocenters. The van der Waals surface area contributed by atoms with Gasteiger partial charge < -0.3 is 11.1 Å². The van der Waals surface area contributed by atoms with Gasteiger partial charge in [0.25, 0.3) is 0 Å². The summed E-state index contributed by atoms with van der Waals surface area (Å²) in [5.74, 6) is 0.694. The minimum Gasteiger partial charge on any atom is -0.326 e. The Morgan fingerprint density at radius 3 is 2.45 bits per heavy atom. The van der Waals surface area contributed by atoms with Gasteiger partial charge >= 0.3 is 0 Å². The fourth-order valence-electron chi connectivity index (χ4n) is 4.57. The van der Waals surface area contributed by atoms with Crippen LogP contribution in [-0.4, -0.2) is 67.2 Å². The Hall–Kier alpha value is -0.160. The largest absolute Gasteiger partial charge is 0.326 e. The van der Waals surface area contributed by atoms with Crippen molar-refractivity contribution in [1.82, 2.24) is 15.1 Å². The predicted octanol–water partition coefficient (Wildman–Crippen LogP) is 1.51. The van der Waals surface area contributed by atoms with Crippen LogP contribution in [-0.2, 0) is 0 Å². The van der Waals surface area contributed by atoms with E-state index in [-0.39, 0.29) is 0 Å². The third-order valence-corrected chi connectivity index (χ3v) is 6.71. The monoisotopic (exact) mass is 308 g/mol. The topological polar surface area (TPSA) is 44.5 Å². The lowest BCUT2D eigenvalue weighted by Gasteiger charge is -2.51. The molecule has 22 heavy (non-hydrogen) atoms. The highest BCUT2D eigenvalue weighted by molar-refractivity contribution is 5.01. The Morgan fingerprint density at radius 2 is 1.86 bits per heavy atom. The molecule has 4 heteroatoms. The number of rotatable bonds is 5. The molecule has 3 N–H and O–H groups in total. The summed E-state index contributed by atoms with van der Waals surface area (Å²) in [6, 6.07) is 1.80. The van der Waals surface area contributed by atoms with E-state index in [0.717, 1.165) is 12.6 Å². The van der Waals surface area contributed by atoms with E-state index in [2.05, 4.69) is 35.9 Å². The minimum absolute atomic E-state index is 0.374. The maximum absolute atomic E-state index is 6.25. The van der Waals surface area contributed by atoms with E-state index >= 15 is 0 Å². The Bertz CT molecular complexity index is 358. The Kier molecular flexibility index (Phi) is 5.13. The lowest BCUT2D eigenvalue weighted by atomic mass is 9.78. The van der Waals surface area contributed by atoms with E-state index in [9.17, 15) is 0 Å². The van der Waals surface area contributed by atoms with E-state index < -0.39 is 0 Å². The van der Waals surface area contributed by atoms with E-state index in [1.165, 1.54) is 58.4 Å². The van der Waals surface area contributed by atoms with Gasteiger partial charge in [-0.3, -0.25) is 9.80 Å². The molecule has 0 aromatic carbocycles. The molecule has 0 aliphatic carbocycles. The molecule has 3 rings (SSSR count). The molecule has 0 aromatic heterocycles. The number of hydrogen-bond donors (Lipinski definition) is 2. The highest BCUT2D eigenvalue weighted by atomic mass is 15.3. The van der Waals surface area contributed by atoms with Crippen molar-refractivity contribution in [2.45, 2.75) is 64.6 Å². The van der Waals surface area contributed by atoms with Gasteiger partial charge in [-0.2, -0.15) is 0 Å². The van der Waals surface area contributed by atoms with Gasteiger partial charge in [0, 0.05) is 49.7 Å². The molecule has 3 aliphatic heterocycles. The van der Waals surface area contributed by atoms with Crippen LogP contribution in [0.3, 0.4) is 0 Å².